The van der Waals surface area contributed by atoms with Crippen LogP contribution in [0.25, 0.3) is 0 Å². The van der Waals surface area contributed by atoms with Gasteiger partial charge in [-0.15, -0.1) is 0 Å². The number of anilines is 1. The molecule has 5 nitrogen and oxygen atoms in total. The average molecular weight is 264 g/mol. The first kappa shape index (κ1) is 13.5. The Balaban J connectivity index is 2.28. The van der Waals surface area contributed by atoms with Gasteiger partial charge in [0.15, 0.2) is 11.5 Å². The van der Waals surface area contributed by atoms with E-state index >= 15 is 0 Å². The minimum absolute atomic E-state index is 0.0334. The Morgan fingerprint density at radius 3 is 2.47 bits per heavy atom. The van der Waals surface area contributed by atoms with Crippen LogP contribution in [0.3, 0.4) is 0 Å². The van der Waals surface area contributed by atoms with Crippen LogP contribution in [0.5, 0.6) is 11.5 Å². The first-order chi connectivity index (χ1) is 8.95. The molecule has 1 saturated heterocycles. The van der Waals surface area contributed by atoms with Crippen LogP contribution in [0.4, 0.5) is 5.69 Å². The molecular weight excluding hydrogens is 244 g/mol. The van der Waals surface area contributed by atoms with Gasteiger partial charge in [-0.3, -0.25) is 4.79 Å². The number of nitrogens with zero attached hydrogens (tertiary/aromatic N) is 1. The maximum Gasteiger partial charge on any atom is 0.239 e. The molecule has 0 aliphatic carbocycles. The first-order valence-electron chi connectivity index (χ1n) is 6.23. The molecule has 2 rings (SSSR count). The maximum absolute atomic E-state index is 11.7. The van der Waals surface area contributed by atoms with Crippen molar-refractivity contribution in [2.45, 2.75) is 19.4 Å². The van der Waals surface area contributed by atoms with Crippen molar-refractivity contribution in [2.75, 3.05) is 32.2 Å². The summed E-state index contributed by atoms with van der Waals surface area (Å²) in [6.45, 7) is 5.14. The molecule has 1 aliphatic heterocycles. The fourth-order valence-corrected chi connectivity index (χ4v) is 2.37. The fourth-order valence-electron chi connectivity index (χ4n) is 2.37. The predicted octanol–water partition coefficient (Wildman–Crippen LogP) is 1.42. The van der Waals surface area contributed by atoms with Crippen molar-refractivity contribution in [3.63, 3.8) is 0 Å². The Morgan fingerprint density at radius 2 is 1.89 bits per heavy atom. The Hall–Kier alpha value is -1.91. The third-order valence-corrected chi connectivity index (χ3v) is 3.13. The third kappa shape index (κ3) is 2.92. The zero-order valence-corrected chi connectivity index (χ0v) is 11.8. The van der Waals surface area contributed by atoms with E-state index in [9.17, 15) is 4.79 Å². The van der Waals surface area contributed by atoms with Crippen LogP contribution >= 0.6 is 0 Å². The number of carbonyl (C=O) groups excluding carboxylic acids is 1. The van der Waals surface area contributed by atoms with Gasteiger partial charge in [0, 0.05) is 18.3 Å². The lowest BCUT2D eigenvalue weighted by Gasteiger charge is -2.39. The molecule has 0 atom stereocenters. The van der Waals surface area contributed by atoms with Crippen LogP contribution in [0, 0.1) is 0 Å². The highest BCUT2D eigenvalue weighted by atomic mass is 16.5. The Labute approximate surface area is 113 Å². The van der Waals surface area contributed by atoms with Gasteiger partial charge in [0.2, 0.25) is 5.91 Å². The van der Waals surface area contributed by atoms with E-state index in [0.29, 0.717) is 18.0 Å². The topological polar surface area (TPSA) is 50.8 Å². The van der Waals surface area contributed by atoms with Crippen LogP contribution in [-0.2, 0) is 4.79 Å². The van der Waals surface area contributed by atoms with Crippen LogP contribution < -0.4 is 19.7 Å². The normalized spacial score (nSPS) is 17.9. The van der Waals surface area contributed by atoms with E-state index in [4.69, 9.17) is 9.47 Å². The van der Waals surface area contributed by atoms with Gasteiger partial charge in [-0.05, 0) is 26.0 Å². The number of amides is 1. The summed E-state index contributed by atoms with van der Waals surface area (Å²) >= 11 is 0. The lowest BCUT2D eigenvalue weighted by molar-refractivity contribution is -0.122. The number of hydrogen-bond donors (Lipinski definition) is 1. The Morgan fingerprint density at radius 1 is 1.21 bits per heavy atom. The minimum atomic E-state index is -0.234. The van der Waals surface area contributed by atoms with Crippen LogP contribution in [0.15, 0.2) is 18.2 Å². The van der Waals surface area contributed by atoms with E-state index in [1.54, 1.807) is 14.2 Å². The molecule has 1 aromatic carbocycles. The summed E-state index contributed by atoms with van der Waals surface area (Å²) < 4.78 is 10.5. The van der Waals surface area contributed by atoms with Crippen molar-refractivity contribution in [1.29, 1.82) is 0 Å². The zero-order valence-electron chi connectivity index (χ0n) is 11.8. The highest BCUT2D eigenvalue weighted by Crippen LogP contribution is 2.32. The maximum atomic E-state index is 11.7. The molecule has 1 aliphatic rings. The van der Waals surface area contributed by atoms with Gasteiger partial charge in [0.25, 0.3) is 0 Å². The monoisotopic (exact) mass is 264 g/mol. The van der Waals surface area contributed by atoms with Crippen molar-refractivity contribution in [3.05, 3.63) is 18.2 Å². The largest absolute Gasteiger partial charge is 0.493 e. The lowest BCUT2D eigenvalue weighted by atomic mass is 10.0. The van der Waals surface area contributed by atoms with Gasteiger partial charge in [0.05, 0.1) is 26.3 Å². The number of piperazine rings is 1. The molecule has 0 radical (unpaired) electrons. The highest BCUT2D eigenvalue weighted by molar-refractivity contribution is 5.83. The molecule has 104 valence electrons. The highest BCUT2D eigenvalue weighted by Gasteiger charge is 2.30. The zero-order chi connectivity index (χ0) is 14.0. The molecule has 1 aromatic rings. The standard InChI is InChI=1S/C14H20N2O3/c1-14(2)9-16(8-13(17)15-14)10-5-6-11(18-3)12(7-10)19-4/h5-7H,8-9H2,1-4H3,(H,15,17). The summed E-state index contributed by atoms with van der Waals surface area (Å²) in [4.78, 5) is 13.8. The molecule has 1 N–H and O–H groups in total. The summed E-state index contributed by atoms with van der Waals surface area (Å²) in [6.07, 6.45) is 0. The molecule has 1 fully saturated rings. The number of rotatable bonds is 3. The van der Waals surface area contributed by atoms with Gasteiger partial charge in [-0.2, -0.15) is 0 Å². The number of carbonyl (C=O) groups is 1. The van der Waals surface area contributed by atoms with Crippen molar-refractivity contribution in [3.8, 4) is 11.5 Å². The van der Waals surface area contributed by atoms with Gasteiger partial charge in [0.1, 0.15) is 0 Å². The molecule has 1 amide bonds. The van der Waals surface area contributed by atoms with E-state index < -0.39 is 0 Å². The molecule has 0 spiro atoms. The van der Waals surface area contributed by atoms with Gasteiger partial charge >= 0.3 is 0 Å². The number of benzene rings is 1. The molecule has 1 heterocycles. The van der Waals surface area contributed by atoms with Gasteiger partial charge in [-0.25, -0.2) is 0 Å². The lowest BCUT2D eigenvalue weighted by Crippen LogP contribution is -2.60. The van der Waals surface area contributed by atoms with E-state index in [0.717, 1.165) is 12.2 Å². The Bertz CT molecular complexity index is 486. The predicted molar refractivity (Wildman–Crippen MR) is 74.0 cm³/mol. The van der Waals surface area contributed by atoms with Crippen LogP contribution in [0.2, 0.25) is 0 Å². The minimum Gasteiger partial charge on any atom is -0.493 e. The molecular formula is C14H20N2O3. The van der Waals surface area contributed by atoms with Crippen molar-refractivity contribution >= 4 is 11.6 Å². The molecule has 5 heteroatoms. The van der Waals surface area contributed by atoms with E-state index in [-0.39, 0.29) is 11.4 Å². The van der Waals surface area contributed by atoms with E-state index in [2.05, 4.69) is 5.32 Å². The second-order valence-electron chi connectivity index (χ2n) is 5.33. The summed E-state index contributed by atoms with van der Waals surface area (Å²) in [5, 5.41) is 2.97. The SMILES string of the molecule is COc1ccc(N2CC(=O)NC(C)(C)C2)cc1OC. The first-order valence-corrected chi connectivity index (χ1v) is 6.23. The Kier molecular flexibility index (Phi) is 3.55. The third-order valence-electron chi connectivity index (χ3n) is 3.13. The number of methoxy groups -OCH3 is 2. The van der Waals surface area contributed by atoms with Crippen molar-refractivity contribution in [2.24, 2.45) is 0 Å². The molecule has 0 saturated carbocycles. The van der Waals surface area contributed by atoms with Crippen LogP contribution in [0.1, 0.15) is 13.8 Å². The number of ether oxygens (including phenoxy) is 2. The molecule has 19 heavy (non-hydrogen) atoms. The summed E-state index contributed by atoms with van der Waals surface area (Å²) in [7, 11) is 3.21. The smallest absolute Gasteiger partial charge is 0.239 e. The number of hydrogen-bond acceptors (Lipinski definition) is 4. The molecule has 0 unspecified atom stereocenters. The van der Waals surface area contributed by atoms with Crippen molar-refractivity contribution < 1.29 is 14.3 Å². The second-order valence-corrected chi connectivity index (χ2v) is 5.33. The average Bonchev–Trinajstić information content (AvgIpc) is 2.35. The summed E-state index contributed by atoms with van der Waals surface area (Å²) in [5.74, 6) is 1.39. The van der Waals surface area contributed by atoms with E-state index in [1.165, 1.54) is 0 Å². The number of nitrogens with one attached hydrogen (secondary N) is 1. The van der Waals surface area contributed by atoms with Crippen LogP contribution in [-0.4, -0.2) is 38.8 Å². The fraction of sp³-hybridized carbons (Fsp3) is 0.500. The molecule has 0 aromatic heterocycles. The summed E-state index contributed by atoms with van der Waals surface area (Å²) in [6, 6.07) is 5.69. The van der Waals surface area contributed by atoms with Gasteiger partial charge in [-0.1, -0.05) is 0 Å². The van der Waals surface area contributed by atoms with Gasteiger partial charge < -0.3 is 19.7 Å². The van der Waals surface area contributed by atoms with E-state index in [1.807, 2.05) is 36.9 Å². The summed E-state index contributed by atoms with van der Waals surface area (Å²) in [5.41, 5.74) is 0.725. The van der Waals surface area contributed by atoms with Crippen molar-refractivity contribution in [1.82, 2.24) is 5.32 Å². The quantitative estimate of drug-likeness (QED) is 0.897. The molecule has 0 bridgehead atoms. The second kappa shape index (κ2) is 4.99.